The predicted molar refractivity (Wildman–Crippen MR) is 131 cm³/mol. The van der Waals surface area contributed by atoms with Gasteiger partial charge in [-0.15, -0.1) is 0 Å². The summed E-state index contributed by atoms with van der Waals surface area (Å²) in [7, 11) is 0. The number of amides is 2. The molecule has 6 nitrogen and oxygen atoms in total. The van der Waals surface area contributed by atoms with Crippen LogP contribution >= 0.6 is 0 Å². The number of hydrogen-bond acceptors (Lipinski definition) is 4. The Kier molecular flexibility index (Phi) is 6.45. The van der Waals surface area contributed by atoms with Crippen molar-refractivity contribution in [2.24, 2.45) is 5.92 Å². The predicted octanol–water partition coefficient (Wildman–Crippen LogP) is 4.43. The van der Waals surface area contributed by atoms with Gasteiger partial charge < -0.3 is 10.2 Å². The molecule has 2 saturated heterocycles. The lowest BCUT2D eigenvalue weighted by atomic mass is 9.77. The second-order valence-corrected chi connectivity index (χ2v) is 10.1. The number of rotatable bonds is 5. The third-order valence-corrected chi connectivity index (χ3v) is 7.57. The van der Waals surface area contributed by atoms with Crippen LogP contribution in [-0.2, 0) is 16.1 Å². The van der Waals surface area contributed by atoms with Crippen LogP contribution in [-0.4, -0.2) is 47.0 Å². The van der Waals surface area contributed by atoms with Crippen molar-refractivity contribution in [3.8, 4) is 0 Å². The van der Waals surface area contributed by atoms with Gasteiger partial charge in [-0.25, -0.2) is 5.06 Å². The van der Waals surface area contributed by atoms with E-state index in [2.05, 4.69) is 16.3 Å². The Labute approximate surface area is 202 Å². The molecule has 0 aliphatic carbocycles. The lowest BCUT2D eigenvalue weighted by Gasteiger charge is -2.48. The number of nitrogens with one attached hydrogen (secondary N) is 1. The first-order chi connectivity index (χ1) is 16.4. The number of benzene rings is 2. The van der Waals surface area contributed by atoms with E-state index in [0.29, 0.717) is 11.5 Å². The van der Waals surface area contributed by atoms with Crippen LogP contribution in [0.3, 0.4) is 0 Å². The highest BCUT2D eigenvalue weighted by Gasteiger charge is 2.45. The van der Waals surface area contributed by atoms with Gasteiger partial charge in [0, 0.05) is 18.2 Å². The highest BCUT2D eigenvalue weighted by atomic mass is 16.7. The molecule has 0 unspecified atom stereocenters. The number of piperidine rings is 2. The average molecular weight is 462 g/mol. The van der Waals surface area contributed by atoms with Crippen molar-refractivity contribution in [1.29, 1.82) is 0 Å². The van der Waals surface area contributed by atoms with Gasteiger partial charge in [0.25, 0.3) is 5.91 Å². The van der Waals surface area contributed by atoms with Crippen LogP contribution in [0.25, 0.3) is 0 Å². The van der Waals surface area contributed by atoms with Crippen LogP contribution in [0.5, 0.6) is 0 Å². The minimum atomic E-state index is -0.215. The summed E-state index contributed by atoms with van der Waals surface area (Å²) in [5.74, 6) is 0.282. The van der Waals surface area contributed by atoms with Crippen molar-refractivity contribution in [3.05, 3.63) is 70.8 Å². The first-order valence-electron chi connectivity index (χ1n) is 12.7. The Bertz CT molecular complexity index is 1050. The Balaban J connectivity index is 1.41. The molecular weight excluding hydrogens is 426 g/mol. The molecule has 3 heterocycles. The monoisotopic (exact) mass is 461 g/mol. The molecule has 0 bridgehead atoms. The standard InChI is InChI=1S/C28H35N3O3/c1-18(2)34-31(19(3)20-8-5-4-6-9-20)27(32)22-11-12-23-21(16-22)13-15-30-26(23)17-25-24(28(30)33)10-7-14-29-25/h4-6,8-9,11-12,16,18-19,24-26,29H,7,10,13-15,17H2,1-3H3/t19-,24+,25+,26+/m1/s1. The Morgan fingerprint density at radius 1 is 1.15 bits per heavy atom. The summed E-state index contributed by atoms with van der Waals surface area (Å²) in [5.41, 5.74) is 4.02. The normalized spacial score (nSPS) is 24.8. The van der Waals surface area contributed by atoms with Crippen LogP contribution in [0.15, 0.2) is 48.5 Å². The zero-order valence-electron chi connectivity index (χ0n) is 20.4. The van der Waals surface area contributed by atoms with Crippen molar-refractivity contribution in [3.63, 3.8) is 0 Å². The smallest absolute Gasteiger partial charge is 0.278 e. The van der Waals surface area contributed by atoms with Gasteiger partial charge in [-0.1, -0.05) is 36.4 Å². The number of carbonyl (C=O) groups is 2. The van der Waals surface area contributed by atoms with Crippen LogP contribution in [0.4, 0.5) is 0 Å². The molecule has 180 valence electrons. The molecule has 2 aromatic rings. The van der Waals surface area contributed by atoms with E-state index in [4.69, 9.17) is 4.84 Å². The van der Waals surface area contributed by atoms with Gasteiger partial charge in [-0.3, -0.25) is 14.4 Å². The number of nitrogens with zero attached hydrogens (tertiary/aromatic N) is 2. The van der Waals surface area contributed by atoms with Gasteiger partial charge in [0.15, 0.2) is 0 Å². The maximum absolute atomic E-state index is 13.6. The molecule has 4 atom stereocenters. The molecule has 5 rings (SSSR count). The van der Waals surface area contributed by atoms with E-state index in [1.54, 1.807) is 0 Å². The van der Waals surface area contributed by atoms with E-state index in [0.717, 1.165) is 44.3 Å². The van der Waals surface area contributed by atoms with Crippen molar-refractivity contribution in [2.75, 3.05) is 13.1 Å². The fourth-order valence-corrected chi connectivity index (χ4v) is 5.85. The maximum Gasteiger partial charge on any atom is 0.278 e. The average Bonchev–Trinajstić information content (AvgIpc) is 2.86. The first-order valence-corrected chi connectivity index (χ1v) is 12.7. The summed E-state index contributed by atoms with van der Waals surface area (Å²) in [6, 6.07) is 16.1. The van der Waals surface area contributed by atoms with Gasteiger partial charge >= 0.3 is 0 Å². The molecule has 0 radical (unpaired) electrons. The molecule has 1 N–H and O–H groups in total. The van der Waals surface area contributed by atoms with E-state index in [9.17, 15) is 9.59 Å². The van der Waals surface area contributed by atoms with Gasteiger partial charge in [-0.05, 0) is 81.8 Å². The van der Waals surface area contributed by atoms with Crippen LogP contribution < -0.4 is 5.32 Å². The first kappa shape index (κ1) is 23.1. The summed E-state index contributed by atoms with van der Waals surface area (Å²) < 4.78 is 0. The molecule has 6 heteroatoms. The summed E-state index contributed by atoms with van der Waals surface area (Å²) in [5, 5.41) is 5.09. The van der Waals surface area contributed by atoms with Crippen LogP contribution in [0, 0.1) is 5.92 Å². The molecule has 2 aromatic carbocycles. The van der Waals surface area contributed by atoms with Gasteiger partial charge in [-0.2, -0.15) is 0 Å². The minimum absolute atomic E-state index is 0.0958. The van der Waals surface area contributed by atoms with Crippen LogP contribution in [0.1, 0.15) is 79.2 Å². The third kappa shape index (κ3) is 4.25. The van der Waals surface area contributed by atoms with E-state index in [1.165, 1.54) is 16.2 Å². The van der Waals surface area contributed by atoms with Crippen molar-refractivity contribution < 1.29 is 14.4 Å². The SMILES string of the molecule is CC(C)ON(C(=O)c1ccc2c(c1)CCN1C(=O)[C@H]3CCCN[C@H]3C[C@@H]21)[C@H](C)c1ccccc1. The molecule has 0 aromatic heterocycles. The Morgan fingerprint density at radius 2 is 1.94 bits per heavy atom. The van der Waals surface area contributed by atoms with Gasteiger partial charge in [0.2, 0.25) is 5.91 Å². The molecule has 0 saturated carbocycles. The highest BCUT2D eigenvalue weighted by molar-refractivity contribution is 5.94. The number of hydroxylamine groups is 2. The quantitative estimate of drug-likeness (QED) is 0.670. The second kappa shape index (κ2) is 9.51. The number of hydrogen-bond donors (Lipinski definition) is 1. The topological polar surface area (TPSA) is 61.9 Å². The molecular formula is C28H35N3O3. The molecule has 3 aliphatic rings. The van der Waals surface area contributed by atoms with Crippen LogP contribution in [0.2, 0.25) is 0 Å². The summed E-state index contributed by atoms with van der Waals surface area (Å²) in [6.07, 6.45) is 3.67. The second-order valence-electron chi connectivity index (χ2n) is 10.1. The van der Waals surface area contributed by atoms with E-state index in [-0.39, 0.29) is 36.1 Å². The highest BCUT2D eigenvalue weighted by Crippen LogP contribution is 2.41. The molecule has 34 heavy (non-hydrogen) atoms. The Hall–Kier alpha value is -2.70. The number of fused-ring (bicyclic) bond motifs is 4. The third-order valence-electron chi connectivity index (χ3n) is 7.57. The molecule has 2 amide bonds. The fraction of sp³-hybridized carbons (Fsp3) is 0.500. The summed E-state index contributed by atoms with van der Waals surface area (Å²) >= 11 is 0. The van der Waals surface area contributed by atoms with Crippen molar-refractivity contribution >= 4 is 11.8 Å². The van der Waals surface area contributed by atoms with Crippen molar-refractivity contribution in [1.82, 2.24) is 15.3 Å². The molecule has 2 fully saturated rings. The molecule has 3 aliphatic heterocycles. The largest absolute Gasteiger partial charge is 0.335 e. The van der Waals surface area contributed by atoms with Gasteiger partial charge in [0.05, 0.1) is 24.1 Å². The fourth-order valence-electron chi connectivity index (χ4n) is 5.85. The zero-order chi connectivity index (χ0) is 23.8. The maximum atomic E-state index is 13.6. The lowest BCUT2D eigenvalue weighted by Crippen LogP contribution is -2.57. The lowest BCUT2D eigenvalue weighted by molar-refractivity contribution is -0.174. The summed E-state index contributed by atoms with van der Waals surface area (Å²) in [4.78, 5) is 34.9. The Morgan fingerprint density at radius 3 is 2.71 bits per heavy atom. The zero-order valence-corrected chi connectivity index (χ0v) is 20.4. The van der Waals surface area contributed by atoms with Crippen molar-refractivity contribution in [2.45, 2.75) is 70.7 Å². The van der Waals surface area contributed by atoms with E-state index < -0.39 is 0 Å². The summed E-state index contributed by atoms with van der Waals surface area (Å²) in [6.45, 7) is 7.59. The minimum Gasteiger partial charge on any atom is -0.335 e. The number of carbonyl (C=O) groups excluding carboxylic acids is 2. The van der Waals surface area contributed by atoms with E-state index in [1.807, 2.05) is 63.2 Å². The van der Waals surface area contributed by atoms with Gasteiger partial charge in [0.1, 0.15) is 0 Å². The molecule has 0 spiro atoms. The van der Waals surface area contributed by atoms with E-state index >= 15 is 0 Å².